The van der Waals surface area contributed by atoms with Gasteiger partial charge in [-0.2, -0.15) is 4.39 Å². The number of amides is 1. The Morgan fingerprint density at radius 1 is 1.50 bits per heavy atom. The molecular weight excluding hydrogens is 313 g/mol. The first-order chi connectivity index (χ1) is 11.6. The molecule has 0 spiro atoms. The molecule has 24 heavy (non-hydrogen) atoms. The number of nitrogens with one attached hydrogen (secondary N) is 2. The molecule has 9 heteroatoms. The zero-order valence-corrected chi connectivity index (χ0v) is 13.2. The number of H-pyrrole nitrogens is 1. The molecule has 3 rings (SSSR count). The average Bonchev–Trinajstić information content (AvgIpc) is 3.10. The molecule has 0 bridgehead atoms. The maximum Gasteiger partial charge on any atom is 0.222 e. The molecule has 8 nitrogen and oxygen atoms in total. The van der Waals surface area contributed by atoms with Gasteiger partial charge in [0.1, 0.15) is 6.33 Å². The van der Waals surface area contributed by atoms with E-state index < -0.39 is 5.82 Å². The van der Waals surface area contributed by atoms with Crippen LogP contribution in [0.2, 0.25) is 0 Å². The maximum absolute atomic E-state index is 14.7. The van der Waals surface area contributed by atoms with Gasteiger partial charge in [0.05, 0.1) is 12.2 Å². The van der Waals surface area contributed by atoms with E-state index in [9.17, 15) is 9.18 Å². The van der Waals surface area contributed by atoms with E-state index >= 15 is 0 Å². The number of aromatic amines is 1. The Morgan fingerprint density at radius 3 is 3.12 bits per heavy atom. The SMILES string of the molecule is NC(=O)C1CCCN(c2ncnc(NCCc3cnc[nH]3)c2F)C1. The summed E-state index contributed by atoms with van der Waals surface area (Å²) in [5.74, 6) is -0.773. The van der Waals surface area contributed by atoms with Gasteiger partial charge < -0.3 is 20.9 Å². The fraction of sp³-hybridized carbons (Fsp3) is 0.467. The number of rotatable bonds is 6. The number of carbonyl (C=O) groups excluding carboxylic acids is 1. The molecule has 0 aliphatic carbocycles. The van der Waals surface area contributed by atoms with Gasteiger partial charge in [0.25, 0.3) is 0 Å². The Morgan fingerprint density at radius 2 is 2.38 bits per heavy atom. The van der Waals surface area contributed by atoms with E-state index in [-0.39, 0.29) is 23.5 Å². The highest BCUT2D eigenvalue weighted by Crippen LogP contribution is 2.26. The quantitative estimate of drug-likeness (QED) is 0.717. The number of nitrogens with two attached hydrogens (primary N) is 1. The van der Waals surface area contributed by atoms with Crippen molar-refractivity contribution < 1.29 is 9.18 Å². The van der Waals surface area contributed by atoms with Crippen LogP contribution < -0.4 is 16.0 Å². The molecule has 1 unspecified atom stereocenters. The zero-order chi connectivity index (χ0) is 16.9. The third kappa shape index (κ3) is 3.61. The molecule has 4 N–H and O–H groups in total. The van der Waals surface area contributed by atoms with Crippen LogP contribution in [-0.4, -0.2) is 45.5 Å². The van der Waals surface area contributed by atoms with Gasteiger partial charge in [0.2, 0.25) is 11.7 Å². The molecule has 128 valence electrons. The lowest BCUT2D eigenvalue weighted by Gasteiger charge is -2.32. The molecule has 3 heterocycles. The van der Waals surface area contributed by atoms with Gasteiger partial charge in [-0.25, -0.2) is 15.0 Å². The van der Waals surface area contributed by atoms with Crippen molar-refractivity contribution in [3.05, 3.63) is 30.4 Å². The van der Waals surface area contributed by atoms with E-state index in [2.05, 4.69) is 25.3 Å². The normalized spacial score (nSPS) is 17.7. The van der Waals surface area contributed by atoms with E-state index in [0.29, 0.717) is 26.1 Å². The van der Waals surface area contributed by atoms with Crippen molar-refractivity contribution in [3.63, 3.8) is 0 Å². The third-order valence-electron chi connectivity index (χ3n) is 4.14. The van der Waals surface area contributed by atoms with Crippen LogP contribution in [0.1, 0.15) is 18.5 Å². The smallest absolute Gasteiger partial charge is 0.222 e. The van der Waals surface area contributed by atoms with E-state index in [0.717, 1.165) is 18.5 Å². The predicted molar refractivity (Wildman–Crippen MR) is 86.9 cm³/mol. The first kappa shape index (κ1) is 16.2. The van der Waals surface area contributed by atoms with Gasteiger partial charge in [-0.3, -0.25) is 4.79 Å². The van der Waals surface area contributed by atoms with Crippen LogP contribution in [0, 0.1) is 11.7 Å². The average molecular weight is 333 g/mol. The van der Waals surface area contributed by atoms with Gasteiger partial charge in [-0.05, 0) is 12.8 Å². The van der Waals surface area contributed by atoms with Crippen molar-refractivity contribution in [3.8, 4) is 0 Å². The number of hydrogen-bond donors (Lipinski definition) is 3. The summed E-state index contributed by atoms with van der Waals surface area (Å²) in [4.78, 5) is 28.1. The van der Waals surface area contributed by atoms with Gasteiger partial charge in [-0.15, -0.1) is 0 Å². The molecule has 1 amide bonds. The van der Waals surface area contributed by atoms with Crippen molar-refractivity contribution in [1.29, 1.82) is 0 Å². The standard InChI is InChI=1S/C15H20FN7O/c16-12-14(19-4-3-11-6-18-8-20-11)21-9-22-15(12)23-5-1-2-10(7-23)13(17)24/h6,8-10H,1-5,7H2,(H2,17,24)(H,18,20)(H,19,21,22). The number of primary amides is 1. The van der Waals surface area contributed by atoms with Crippen LogP contribution in [0.5, 0.6) is 0 Å². The molecule has 0 saturated carbocycles. The number of nitrogens with zero attached hydrogens (tertiary/aromatic N) is 4. The molecule has 1 fully saturated rings. The van der Waals surface area contributed by atoms with E-state index in [1.54, 1.807) is 17.4 Å². The minimum Gasteiger partial charge on any atom is -0.369 e. The number of imidazole rings is 1. The van der Waals surface area contributed by atoms with Crippen molar-refractivity contribution in [1.82, 2.24) is 19.9 Å². The van der Waals surface area contributed by atoms with E-state index in [1.165, 1.54) is 6.33 Å². The number of hydrogen-bond acceptors (Lipinski definition) is 6. The Bertz CT molecular complexity index is 691. The summed E-state index contributed by atoms with van der Waals surface area (Å²) >= 11 is 0. The van der Waals surface area contributed by atoms with E-state index in [1.807, 2.05) is 0 Å². The van der Waals surface area contributed by atoms with Crippen LogP contribution in [0.15, 0.2) is 18.9 Å². The zero-order valence-electron chi connectivity index (χ0n) is 13.2. The highest BCUT2D eigenvalue weighted by Gasteiger charge is 2.27. The minimum atomic E-state index is -0.507. The molecule has 0 aromatic carbocycles. The van der Waals surface area contributed by atoms with Gasteiger partial charge in [0.15, 0.2) is 11.6 Å². The summed E-state index contributed by atoms with van der Waals surface area (Å²) in [6.07, 6.45) is 6.83. The second-order valence-corrected chi connectivity index (χ2v) is 5.80. The van der Waals surface area contributed by atoms with Crippen LogP contribution in [0.3, 0.4) is 0 Å². The number of halogens is 1. The fourth-order valence-corrected chi connectivity index (χ4v) is 2.84. The summed E-state index contributed by atoms with van der Waals surface area (Å²) in [7, 11) is 0. The van der Waals surface area contributed by atoms with Gasteiger partial charge in [-0.1, -0.05) is 0 Å². The monoisotopic (exact) mass is 333 g/mol. The number of anilines is 2. The number of piperidine rings is 1. The van der Waals surface area contributed by atoms with E-state index in [4.69, 9.17) is 5.73 Å². The van der Waals surface area contributed by atoms with Crippen LogP contribution in [0.4, 0.5) is 16.0 Å². The van der Waals surface area contributed by atoms with Crippen LogP contribution >= 0.6 is 0 Å². The first-order valence-electron chi connectivity index (χ1n) is 7.91. The molecule has 1 aliphatic rings. The molecule has 1 atom stereocenters. The minimum absolute atomic E-state index is 0.153. The predicted octanol–water partition coefficient (Wildman–Crippen LogP) is 0.695. The van der Waals surface area contributed by atoms with Gasteiger partial charge >= 0.3 is 0 Å². The van der Waals surface area contributed by atoms with Crippen LogP contribution in [0.25, 0.3) is 0 Å². The van der Waals surface area contributed by atoms with Crippen molar-refractivity contribution in [2.45, 2.75) is 19.3 Å². The topological polar surface area (TPSA) is 113 Å². The molecule has 0 radical (unpaired) electrons. The summed E-state index contributed by atoms with van der Waals surface area (Å²) in [5, 5.41) is 2.97. The highest BCUT2D eigenvalue weighted by atomic mass is 19.1. The lowest BCUT2D eigenvalue weighted by molar-refractivity contribution is -0.122. The largest absolute Gasteiger partial charge is 0.369 e. The summed E-state index contributed by atoms with van der Waals surface area (Å²) in [6.45, 7) is 1.54. The number of carbonyl (C=O) groups is 1. The highest BCUT2D eigenvalue weighted by molar-refractivity contribution is 5.77. The van der Waals surface area contributed by atoms with Crippen molar-refractivity contribution in [2.75, 3.05) is 29.9 Å². The summed E-state index contributed by atoms with van der Waals surface area (Å²) in [6, 6.07) is 0. The Labute approximate surface area is 138 Å². The second-order valence-electron chi connectivity index (χ2n) is 5.80. The molecule has 2 aromatic rings. The fourth-order valence-electron chi connectivity index (χ4n) is 2.84. The molecular formula is C15H20FN7O. The number of aromatic nitrogens is 4. The molecule has 2 aromatic heterocycles. The van der Waals surface area contributed by atoms with Crippen LogP contribution in [-0.2, 0) is 11.2 Å². The molecule has 1 saturated heterocycles. The molecule has 1 aliphatic heterocycles. The second kappa shape index (κ2) is 7.24. The Hall–Kier alpha value is -2.71. The Kier molecular flexibility index (Phi) is 4.88. The van der Waals surface area contributed by atoms with Crippen molar-refractivity contribution >= 4 is 17.5 Å². The lowest BCUT2D eigenvalue weighted by Crippen LogP contribution is -2.42. The summed E-state index contributed by atoms with van der Waals surface area (Å²) in [5.41, 5.74) is 6.33. The Balaban J connectivity index is 1.67. The maximum atomic E-state index is 14.7. The lowest BCUT2D eigenvalue weighted by atomic mass is 9.97. The summed E-state index contributed by atoms with van der Waals surface area (Å²) < 4.78 is 14.7. The third-order valence-corrected chi connectivity index (χ3v) is 4.14. The van der Waals surface area contributed by atoms with Crippen molar-refractivity contribution in [2.24, 2.45) is 11.7 Å². The van der Waals surface area contributed by atoms with Gasteiger partial charge in [0, 0.05) is 37.9 Å². The first-order valence-corrected chi connectivity index (χ1v) is 7.91.